The van der Waals surface area contributed by atoms with Crippen molar-refractivity contribution in [1.29, 1.82) is 0 Å². The highest BCUT2D eigenvalue weighted by molar-refractivity contribution is 6.30. The van der Waals surface area contributed by atoms with Crippen LogP contribution in [0.4, 0.5) is 5.82 Å². The Morgan fingerprint density at radius 3 is 2.76 bits per heavy atom. The number of nitrogen functional groups attached to an aromatic ring is 1. The summed E-state index contributed by atoms with van der Waals surface area (Å²) in [4.78, 5) is 4.07. The number of halogens is 1. The summed E-state index contributed by atoms with van der Waals surface area (Å²) in [6, 6.07) is 2.42. The lowest BCUT2D eigenvalue weighted by Gasteiger charge is -2.21. The van der Waals surface area contributed by atoms with Gasteiger partial charge in [0.25, 0.3) is 0 Å². The SMILES string of the molecule is CCNC(CCc1cc(Cl)cnc1N)C(C)C. The third-order valence-electron chi connectivity index (χ3n) is 2.96. The maximum atomic E-state index is 5.92. The van der Waals surface area contributed by atoms with E-state index in [9.17, 15) is 0 Å². The predicted molar refractivity (Wildman–Crippen MR) is 74.3 cm³/mol. The van der Waals surface area contributed by atoms with Gasteiger partial charge < -0.3 is 11.1 Å². The number of nitrogens with two attached hydrogens (primary N) is 1. The van der Waals surface area contributed by atoms with Gasteiger partial charge in [-0.15, -0.1) is 0 Å². The molecule has 4 heteroatoms. The molecular weight excluding hydrogens is 234 g/mol. The summed E-state index contributed by atoms with van der Waals surface area (Å²) in [5.41, 5.74) is 6.88. The molecule has 0 amide bonds. The van der Waals surface area contributed by atoms with Crippen LogP contribution in [0.25, 0.3) is 0 Å². The summed E-state index contributed by atoms with van der Waals surface area (Å²) in [5.74, 6) is 1.21. The first-order valence-electron chi connectivity index (χ1n) is 6.17. The van der Waals surface area contributed by atoms with Crippen LogP contribution in [0, 0.1) is 5.92 Å². The average Bonchev–Trinajstić information content (AvgIpc) is 2.28. The Balaban J connectivity index is 2.61. The van der Waals surface area contributed by atoms with Gasteiger partial charge in [-0.2, -0.15) is 0 Å². The van der Waals surface area contributed by atoms with Crippen LogP contribution in [-0.2, 0) is 6.42 Å². The molecule has 0 saturated heterocycles. The van der Waals surface area contributed by atoms with Crippen molar-refractivity contribution in [3.05, 3.63) is 22.8 Å². The molecule has 1 unspecified atom stereocenters. The zero-order valence-corrected chi connectivity index (χ0v) is 11.6. The van der Waals surface area contributed by atoms with Gasteiger partial charge in [-0.3, -0.25) is 0 Å². The number of anilines is 1. The van der Waals surface area contributed by atoms with E-state index in [1.54, 1.807) is 6.20 Å². The molecule has 17 heavy (non-hydrogen) atoms. The van der Waals surface area contributed by atoms with Gasteiger partial charge in [0.05, 0.1) is 5.02 Å². The van der Waals surface area contributed by atoms with E-state index in [-0.39, 0.29) is 0 Å². The molecule has 0 saturated carbocycles. The van der Waals surface area contributed by atoms with Crippen LogP contribution in [0.1, 0.15) is 32.8 Å². The second-order valence-electron chi connectivity index (χ2n) is 4.64. The van der Waals surface area contributed by atoms with Crippen LogP contribution < -0.4 is 11.1 Å². The zero-order valence-electron chi connectivity index (χ0n) is 10.8. The average molecular weight is 256 g/mol. The molecule has 0 aliphatic rings. The standard InChI is InChI=1S/C13H22ClN3/c1-4-16-12(9(2)3)6-5-10-7-11(14)8-17-13(10)15/h7-9,12,16H,4-6H2,1-3H3,(H2,15,17). The van der Waals surface area contributed by atoms with Crippen LogP contribution in [0.5, 0.6) is 0 Å². The molecule has 0 bridgehead atoms. The topological polar surface area (TPSA) is 50.9 Å². The van der Waals surface area contributed by atoms with E-state index >= 15 is 0 Å². The molecule has 0 aromatic carbocycles. The van der Waals surface area contributed by atoms with Crippen LogP contribution in [-0.4, -0.2) is 17.6 Å². The first kappa shape index (κ1) is 14.3. The number of hydrogen-bond acceptors (Lipinski definition) is 3. The van der Waals surface area contributed by atoms with Gasteiger partial charge in [-0.05, 0) is 36.9 Å². The second-order valence-corrected chi connectivity index (χ2v) is 5.08. The minimum Gasteiger partial charge on any atom is -0.383 e. The van der Waals surface area contributed by atoms with Crippen LogP contribution >= 0.6 is 11.6 Å². The van der Waals surface area contributed by atoms with Gasteiger partial charge in [0.2, 0.25) is 0 Å². The number of aromatic nitrogens is 1. The van der Waals surface area contributed by atoms with Gasteiger partial charge in [-0.25, -0.2) is 4.98 Å². The van der Waals surface area contributed by atoms with Crippen molar-refractivity contribution in [1.82, 2.24) is 10.3 Å². The Labute approximate surface area is 109 Å². The van der Waals surface area contributed by atoms with Gasteiger partial charge in [0, 0.05) is 12.2 Å². The fourth-order valence-electron chi connectivity index (χ4n) is 1.94. The first-order valence-corrected chi connectivity index (χ1v) is 6.55. The van der Waals surface area contributed by atoms with Crippen molar-refractivity contribution >= 4 is 17.4 Å². The molecular formula is C13H22ClN3. The number of nitrogens with zero attached hydrogens (tertiary/aromatic N) is 1. The lowest BCUT2D eigenvalue weighted by molar-refractivity contribution is 0.385. The normalized spacial score (nSPS) is 13.0. The molecule has 1 rings (SSSR count). The summed E-state index contributed by atoms with van der Waals surface area (Å²) in [7, 11) is 0. The van der Waals surface area contributed by atoms with Crippen molar-refractivity contribution in [2.24, 2.45) is 5.92 Å². The highest BCUT2D eigenvalue weighted by Crippen LogP contribution is 2.18. The monoisotopic (exact) mass is 255 g/mol. The Hall–Kier alpha value is -0.800. The molecule has 0 aliphatic carbocycles. The van der Waals surface area contributed by atoms with Crippen LogP contribution in [0.15, 0.2) is 12.3 Å². The molecule has 0 fully saturated rings. The maximum absolute atomic E-state index is 5.92. The van der Waals surface area contributed by atoms with Gasteiger partial charge in [0.15, 0.2) is 0 Å². The number of aryl methyl sites for hydroxylation is 1. The molecule has 3 nitrogen and oxygen atoms in total. The summed E-state index contributed by atoms with van der Waals surface area (Å²) in [6.07, 6.45) is 3.55. The minimum atomic E-state index is 0.512. The fraction of sp³-hybridized carbons (Fsp3) is 0.615. The quantitative estimate of drug-likeness (QED) is 0.822. The second kappa shape index (κ2) is 6.82. The van der Waals surface area contributed by atoms with E-state index in [1.165, 1.54) is 0 Å². The fourth-order valence-corrected chi connectivity index (χ4v) is 2.12. The Bertz CT molecular complexity index is 353. The van der Waals surface area contributed by atoms with Crippen molar-refractivity contribution in [3.8, 4) is 0 Å². The van der Waals surface area contributed by atoms with Gasteiger partial charge in [0.1, 0.15) is 5.82 Å². The molecule has 3 N–H and O–H groups in total. The highest BCUT2D eigenvalue weighted by atomic mass is 35.5. The minimum absolute atomic E-state index is 0.512. The summed E-state index contributed by atoms with van der Waals surface area (Å²) < 4.78 is 0. The summed E-state index contributed by atoms with van der Waals surface area (Å²) in [6.45, 7) is 7.58. The third-order valence-corrected chi connectivity index (χ3v) is 3.17. The summed E-state index contributed by atoms with van der Waals surface area (Å²) in [5, 5.41) is 4.14. The predicted octanol–water partition coefficient (Wildman–Crippen LogP) is 2.88. The van der Waals surface area contributed by atoms with Gasteiger partial charge in [-0.1, -0.05) is 32.4 Å². The zero-order chi connectivity index (χ0) is 12.8. The number of pyridine rings is 1. The molecule has 1 atom stereocenters. The molecule has 96 valence electrons. The molecule has 0 radical (unpaired) electrons. The lowest BCUT2D eigenvalue weighted by atomic mass is 9.97. The van der Waals surface area contributed by atoms with E-state index in [1.807, 2.05) is 6.07 Å². The van der Waals surface area contributed by atoms with E-state index in [0.717, 1.165) is 24.9 Å². The maximum Gasteiger partial charge on any atom is 0.126 e. The Kier molecular flexibility index (Phi) is 5.72. The molecule has 0 aliphatic heterocycles. The van der Waals surface area contributed by atoms with E-state index < -0.39 is 0 Å². The third kappa shape index (κ3) is 4.52. The largest absolute Gasteiger partial charge is 0.383 e. The molecule has 1 heterocycles. The molecule has 0 spiro atoms. The highest BCUT2D eigenvalue weighted by Gasteiger charge is 2.13. The Morgan fingerprint density at radius 2 is 2.18 bits per heavy atom. The molecule has 1 aromatic rings. The number of hydrogen-bond donors (Lipinski definition) is 2. The van der Waals surface area contributed by atoms with Gasteiger partial charge >= 0.3 is 0 Å². The van der Waals surface area contributed by atoms with Crippen LogP contribution in [0.2, 0.25) is 5.02 Å². The number of nitrogens with one attached hydrogen (secondary N) is 1. The van der Waals surface area contributed by atoms with Crippen molar-refractivity contribution < 1.29 is 0 Å². The van der Waals surface area contributed by atoms with Crippen molar-refractivity contribution in [2.45, 2.75) is 39.7 Å². The first-order chi connectivity index (χ1) is 8.04. The summed E-state index contributed by atoms with van der Waals surface area (Å²) >= 11 is 5.92. The smallest absolute Gasteiger partial charge is 0.126 e. The van der Waals surface area contributed by atoms with Crippen molar-refractivity contribution in [2.75, 3.05) is 12.3 Å². The van der Waals surface area contributed by atoms with E-state index in [2.05, 4.69) is 31.1 Å². The number of rotatable bonds is 6. The molecule has 1 aromatic heterocycles. The lowest BCUT2D eigenvalue weighted by Crippen LogP contribution is -2.34. The van der Waals surface area contributed by atoms with Crippen LogP contribution in [0.3, 0.4) is 0 Å². The van der Waals surface area contributed by atoms with E-state index in [4.69, 9.17) is 17.3 Å². The van der Waals surface area contributed by atoms with Crippen molar-refractivity contribution in [3.63, 3.8) is 0 Å². The van der Waals surface area contributed by atoms with E-state index in [0.29, 0.717) is 22.8 Å². The Morgan fingerprint density at radius 1 is 1.47 bits per heavy atom.